The van der Waals surface area contributed by atoms with Crippen LogP contribution >= 0.6 is 15.9 Å². The molecule has 0 bridgehead atoms. The third-order valence-corrected chi connectivity index (χ3v) is 2.44. The number of hydrogen-bond donors (Lipinski definition) is 0. The van der Waals surface area contributed by atoms with Crippen LogP contribution in [0.3, 0.4) is 0 Å². The molecule has 2 aromatic heterocycles. The van der Waals surface area contributed by atoms with E-state index in [9.17, 15) is 4.79 Å². The van der Waals surface area contributed by atoms with E-state index in [1.807, 2.05) is 6.07 Å². The molecule has 14 heavy (non-hydrogen) atoms. The van der Waals surface area contributed by atoms with E-state index >= 15 is 0 Å². The Balaban J connectivity index is 2.64. The largest absolute Gasteiger partial charge is 0.465 e. The first-order chi connectivity index (χ1) is 6.72. The molecular weight excluding hydrogens is 248 g/mol. The summed E-state index contributed by atoms with van der Waals surface area (Å²) in [6.45, 7) is 0. The number of nitrogens with zero attached hydrogens (tertiary/aromatic N) is 2. The second-order valence-corrected chi connectivity index (χ2v) is 3.54. The second kappa shape index (κ2) is 3.42. The van der Waals surface area contributed by atoms with Gasteiger partial charge in [0.05, 0.1) is 24.4 Å². The summed E-state index contributed by atoms with van der Waals surface area (Å²) in [7, 11) is 1.36. The number of rotatable bonds is 1. The molecule has 0 unspecified atom stereocenters. The van der Waals surface area contributed by atoms with E-state index in [1.165, 1.54) is 7.11 Å². The summed E-state index contributed by atoms with van der Waals surface area (Å²) in [6, 6.07) is 5.21. The van der Waals surface area contributed by atoms with Crippen LogP contribution in [0, 0.1) is 0 Å². The van der Waals surface area contributed by atoms with Gasteiger partial charge in [0.25, 0.3) is 0 Å². The van der Waals surface area contributed by atoms with E-state index in [-0.39, 0.29) is 5.97 Å². The first kappa shape index (κ1) is 9.21. The average molecular weight is 255 g/mol. The highest BCUT2D eigenvalue weighted by atomic mass is 79.9. The highest BCUT2D eigenvalue weighted by molar-refractivity contribution is 9.10. The van der Waals surface area contributed by atoms with Crippen LogP contribution in [0.5, 0.6) is 0 Å². The maximum Gasteiger partial charge on any atom is 0.338 e. The molecule has 0 aliphatic carbocycles. The lowest BCUT2D eigenvalue weighted by atomic mass is 10.2. The predicted octanol–water partition coefficient (Wildman–Crippen LogP) is 1.88. The smallest absolute Gasteiger partial charge is 0.338 e. The van der Waals surface area contributed by atoms with E-state index in [2.05, 4.69) is 25.8 Å². The molecule has 5 heteroatoms. The number of carbonyl (C=O) groups is 1. The van der Waals surface area contributed by atoms with Gasteiger partial charge in [-0.1, -0.05) is 0 Å². The topological polar surface area (TPSA) is 43.6 Å². The fourth-order valence-electron chi connectivity index (χ4n) is 1.23. The first-order valence-electron chi connectivity index (χ1n) is 3.94. The summed E-state index contributed by atoms with van der Waals surface area (Å²) in [6.07, 6.45) is 1.67. The van der Waals surface area contributed by atoms with Crippen molar-refractivity contribution in [1.29, 1.82) is 0 Å². The van der Waals surface area contributed by atoms with Crippen molar-refractivity contribution >= 4 is 27.4 Å². The van der Waals surface area contributed by atoms with Gasteiger partial charge in [0.1, 0.15) is 4.60 Å². The van der Waals surface area contributed by atoms with Gasteiger partial charge in [-0.05, 0) is 34.1 Å². The van der Waals surface area contributed by atoms with Gasteiger partial charge >= 0.3 is 5.97 Å². The van der Waals surface area contributed by atoms with Gasteiger partial charge in [0.2, 0.25) is 0 Å². The van der Waals surface area contributed by atoms with Crippen molar-refractivity contribution in [2.45, 2.75) is 0 Å². The third-order valence-electron chi connectivity index (χ3n) is 1.87. The maximum atomic E-state index is 11.3. The summed E-state index contributed by atoms with van der Waals surface area (Å²) in [5.74, 6) is -0.352. The van der Waals surface area contributed by atoms with Crippen LogP contribution in [0.2, 0.25) is 0 Å². The van der Waals surface area contributed by atoms with Crippen LogP contribution in [-0.4, -0.2) is 22.7 Å². The van der Waals surface area contributed by atoms with Crippen LogP contribution in [0.1, 0.15) is 10.4 Å². The lowest BCUT2D eigenvalue weighted by Gasteiger charge is -2.02. The molecule has 0 aromatic carbocycles. The molecule has 0 radical (unpaired) electrons. The predicted molar refractivity (Wildman–Crippen MR) is 54.2 cm³/mol. The number of fused-ring (bicyclic) bond motifs is 1. The zero-order valence-corrected chi connectivity index (χ0v) is 8.98. The van der Waals surface area contributed by atoms with Crippen molar-refractivity contribution in [3.63, 3.8) is 0 Å². The number of carbonyl (C=O) groups excluding carboxylic acids is 1. The van der Waals surface area contributed by atoms with Crippen molar-refractivity contribution in [3.8, 4) is 0 Å². The third kappa shape index (κ3) is 1.39. The number of hydrogen-bond acceptors (Lipinski definition) is 3. The van der Waals surface area contributed by atoms with E-state index < -0.39 is 0 Å². The number of methoxy groups -OCH3 is 1. The molecule has 0 spiro atoms. The van der Waals surface area contributed by atoms with Crippen molar-refractivity contribution in [2.75, 3.05) is 7.11 Å². The molecule has 0 fully saturated rings. The van der Waals surface area contributed by atoms with Crippen molar-refractivity contribution < 1.29 is 9.53 Å². The number of aromatic nitrogens is 2. The average Bonchev–Trinajstić information content (AvgIpc) is 2.64. The minimum atomic E-state index is -0.352. The second-order valence-electron chi connectivity index (χ2n) is 2.73. The van der Waals surface area contributed by atoms with Gasteiger partial charge in [-0.3, -0.25) is 0 Å². The van der Waals surface area contributed by atoms with Crippen LogP contribution in [0.25, 0.3) is 5.52 Å². The minimum Gasteiger partial charge on any atom is -0.465 e. The molecule has 72 valence electrons. The zero-order valence-electron chi connectivity index (χ0n) is 7.40. The quantitative estimate of drug-likeness (QED) is 0.577. The maximum absolute atomic E-state index is 11.3. The van der Waals surface area contributed by atoms with Gasteiger partial charge in [0, 0.05) is 0 Å². The van der Waals surface area contributed by atoms with Gasteiger partial charge in [-0.25, -0.2) is 9.31 Å². The molecule has 2 rings (SSSR count). The van der Waals surface area contributed by atoms with Gasteiger partial charge in [-0.2, -0.15) is 5.10 Å². The Hall–Kier alpha value is -1.36. The highest BCUT2D eigenvalue weighted by Gasteiger charge is 2.09. The van der Waals surface area contributed by atoms with Crippen LogP contribution in [0.15, 0.2) is 29.0 Å². The Morgan fingerprint density at radius 3 is 3.07 bits per heavy atom. The van der Waals surface area contributed by atoms with Crippen LogP contribution in [-0.2, 0) is 4.74 Å². The van der Waals surface area contributed by atoms with Gasteiger partial charge < -0.3 is 4.74 Å². The normalized spacial score (nSPS) is 10.4. The Labute approximate surface area is 88.6 Å². The molecule has 4 nitrogen and oxygen atoms in total. The molecular formula is C9H7BrN2O2. The molecule has 2 aromatic rings. The Morgan fingerprint density at radius 2 is 2.36 bits per heavy atom. The van der Waals surface area contributed by atoms with Crippen LogP contribution < -0.4 is 0 Å². The Morgan fingerprint density at radius 1 is 1.57 bits per heavy atom. The lowest BCUT2D eigenvalue weighted by Crippen LogP contribution is -2.02. The number of pyridine rings is 1. The summed E-state index contributed by atoms with van der Waals surface area (Å²) in [4.78, 5) is 11.3. The standard InChI is InChI=1S/C9H7BrN2O2/c1-14-9(13)6-4-7-2-3-11-12(7)8(10)5-6/h2-5H,1H3. The molecule has 0 saturated heterocycles. The molecule has 0 saturated carbocycles. The fourth-order valence-corrected chi connectivity index (χ4v) is 1.77. The molecule has 0 atom stereocenters. The minimum absolute atomic E-state index is 0.352. The van der Waals surface area contributed by atoms with Crippen molar-refractivity contribution in [1.82, 2.24) is 9.61 Å². The summed E-state index contributed by atoms with van der Waals surface area (Å²) in [5, 5.41) is 4.06. The molecule has 0 N–H and O–H groups in total. The monoisotopic (exact) mass is 254 g/mol. The van der Waals surface area contributed by atoms with Crippen molar-refractivity contribution in [2.24, 2.45) is 0 Å². The van der Waals surface area contributed by atoms with Gasteiger partial charge in [0.15, 0.2) is 0 Å². The highest BCUT2D eigenvalue weighted by Crippen LogP contribution is 2.16. The van der Waals surface area contributed by atoms with Crippen molar-refractivity contribution in [3.05, 3.63) is 34.6 Å². The lowest BCUT2D eigenvalue weighted by molar-refractivity contribution is 0.0600. The van der Waals surface area contributed by atoms with Crippen LogP contribution in [0.4, 0.5) is 0 Å². The molecule has 2 heterocycles. The zero-order chi connectivity index (χ0) is 10.1. The summed E-state index contributed by atoms with van der Waals surface area (Å²) < 4.78 is 7.04. The number of esters is 1. The fraction of sp³-hybridized carbons (Fsp3) is 0.111. The Kier molecular flexibility index (Phi) is 2.25. The molecule has 0 amide bonds. The molecule has 0 aliphatic rings. The number of ether oxygens (including phenoxy) is 1. The van der Waals surface area contributed by atoms with E-state index in [1.54, 1.807) is 22.8 Å². The molecule has 0 aliphatic heterocycles. The van der Waals surface area contributed by atoms with Gasteiger partial charge in [-0.15, -0.1) is 0 Å². The number of halogens is 1. The van der Waals surface area contributed by atoms with E-state index in [4.69, 9.17) is 0 Å². The SMILES string of the molecule is COC(=O)c1cc(Br)n2nccc2c1. The Bertz CT molecular complexity index is 493. The first-order valence-corrected chi connectivity index (χ1v) is 4.73. The summed E-state index contributed by atoms with van der Waals surface area (Å²) >= 11 is 3.32. The summed E-state index contributed by atoms with van der Waals surface area (Å²) in [5.41, 5.74) is 1.35. The van der Waals surface area contributed by atoms with E-state index in [0.29, 0.717) is 5.56 Å². The van der Waals surface area contributed by atoms with E-state index in [0.717, 1.165) is 10.1 Å².